The lowest BCUT2D eigenvalue weighted by Crippen LogP contribution is -2.41. The fourth-order valence-corrected chi connectivity index (χ4v) is 5.77. The molecule has 0 amide bonds. The summed E-state index contributed by atoms with van der Waals surface area (Å²) in [5, 5.41) is 10.8. The molecule has 15 heteroatoms. The number of halogens is 1. The van der Waals surface area contributed by atoms with E-state index in [1.165, 1.54) is 8.97 Å². The van der Waals surface area contributed by atoms with Gasteiger partial charge in [0, 0.05) is 11.8 Å². The first-order chi connectivity index (χ1) is 16.3. The van der Waals surface area contributed by atoms with Crippen LogP contribution in [0.1, 0.15) is 6.23 Å². The van der Waals surface area contributed by atoms with Crippen LogP contribution in [0, 0.1) is 0 Å². The summed E-state index contributed by atoms with van der Waals surface area (Å²) in [7, 11) is -2.99. The number of nitrogens with one attached hydrogen (secondary N) is 1. The number of imidazole rings is 2. The first-order valence-corrected chi connectivity index (χ1v) is 12.3. The van der Waals surface area contributed by atoms with Crippen molar-refractivity contribution in [1.29, 1.82) is 0 Å². The van der Waals surface area contributed by atoms with Gasteiger partial charge >= 0.3 is 0 Å². The molecule has 13 nitrogen and oxygen atoms in total. The third-order valence-corrected chi connectivity index (χ3v) is 7.34. The number of ether oxygens (including phenoxy) is 2. The van der Waals surface area contributed by atoms with E-state index in [2.05, 4.69) is 35.4 Å². The molecule has 2 saturated heterocycles. The Kier molecular flexibility index (Phi) is 4.97. The fraction of sp³-hybridized carbons (Fsp3) is 0.316. The average Bonchev–Trinajstić information content (AvgIpc) is 3.47. The van der Waals surface area contributed by atoms with Crippen molar-refractivity contribution in [3.63, 3.8) is 0 Å². The number of H-pyrrole nitrogens is 1. The highest BCUT2D eigenvalue weighted by Crippen LogP contribution is 2.50. The first-order valence-electron chi connectivity index (χ1n) is 10.1. The molecule has 6 rings (SSSR count). The number of para-hydroxylation sites is 1. The molecule has 0 radical (unpaired) electrons. The lowest BCUT2D eigenvalue weighted by Gasteiger charge is -2.34. The molecule has 2 aliphatic rings. The van der Waals surface area contributed by atoms with Gasteiger partial charge in [-0.05, 0) is 28.1 Å². The highest BCUT2D eigenvalue weighted by atomic mass is 79.9. The maximum Gasteiger partial charge on any atom is 0.287 e. The van der Waals surface area contributed by atoms with Crippen LogP contribution in [0.15, 0.2) is 40.0 Å². The average molecular weight is 553 g/mol. The van der Waals surface area contributed by atoms with Crippen LogP contribution in [0.5, 0.6) is 5.75 Å². The number of hydrogen-bond donors (Lipinski definition) is 2. The minimum absolute atomic E-state index is 0.0206. The van der Waals surface area contributed by atoms with Gasteiger partial charge in [0.1, 0.15) is 24.1 Å². The molecule has 3 unspecified atom stereocenters. The van der Waals surface area contributed by atoms with Gasteiger partial charge < -0.3 is 33.5 Å². The summed E-state index contributed by atoms with van der Waals surface area (Å²) in [6, 6.07) is 7.31. The van der Waals surface area contributed by atoms with Crippen molar-refractivity contribution >= 4 is 40.7 Å². The van der Waals surface area contributed by atoms with Crippen LogP contribution in [-0.2, 0) is 18.3 Å². The van der Waals surface area contributed by atoms with E-state index in [4.69, 9.17) is 14.0 Å². The number of aliphatic hydroxyl groups is 1. The monoisotopic (exact) mass is 552 g/mol. The van der Waals surface area contributed by atoms with E-state index in [0.29, 0.717) is 11.4 Å². The normalized spacial score (nSPS) is 29.1. The number of rotatable bonds is 3. The third kappa shape index (κ3) is 3.26. The zero-order valence-electron chi connectivity index (χ0n) is 17.3. The van der Waals surface area contributed by atoms with Gasteiger partial charge in [0.25, 0.3) is 13.4 Å². The highest BCUT2D eigenvalue weighted by Gasteiger charge is 2.51. The molecule has 2 aliphatic heterocycles. The summed E-state index contributed by atoms with van der Waals surface area (Å²) in [5.74, 6) is 0.834. The molecular weight excluding hydrogens is 537 g/mol. The van der Waals surface area contributed by atoms with Crippen LogP contribution < -0.4 is 15.2 Å². The van der Waals surface area contributed by atoms with Crippen molar-refractivity contribution in [2.24, 2.45) is 0 Å². The topological polar surface area (TPSA) is 165 Å². The molecule has 2 fully saturated rings. The van der Waals surface area contributed by atoms with E-state index in [1.54, 1.807) is 19.4 Å². The molecule has 5 atom stereocenters. The molecule has 0 saturated carbocycles. The predicted octanol–water partition coefficient (Wildman–Crippen LogP) is 0.952. The van der Waals surface area contributed by atoms with E-state index in [9.17, 15) is 19.4 Å². The second kappa shape index (κ2) is 7.71. The standard InChI is InChI=1S/C19H17BrN5O8P/c1-30-10-5-3-2-4-8(10)9-6-24-16(27)12-15(23-19(24)21-9)25(18(20)22-12)17-13(26)14-11(32-17)7-31-34(28,29)33-14/h2-6,11,13-14,17,26H,7H2,1H3,(H,21,23)(H,28,29)/p-1/t11?,13?,14-,17-/m1/s1. The Bertz CT molecular complexity index is 1550. The summed E-state index contributed by atoms with van der Waals surface area (Å²) in [4.78, 5) is 36.8. The number of phosphoric ester groups is 1. The molecule has 0 bridgehead atoms. The predicted molar refractivity (Wildman–Crippen MR) is 117 cm³/mol. The van der Waals surface area contributed by atoms with Crippen LogP contribution in [-0.4, -0.2) is 61.1 Å². The van der Waals surface area contributed by atoms with Gasteiger partial charge in [0.15, 0.2) is 22.1 Å². The molecule has 34 heavy (non-hydrogen) atoms. The summed E-state index contributed by atoms with van der Waals surface area (Å²) in [6.45, 7) is -0.303. The quantitative estimate of drug-likeness (QED) is 0.276. The number of aromatic nitrogens is 5. The van der Waals surface area contributed by atoms with E-state index < -0.39 is 37.9 Å². The Balaban J connectivity index is 1.48. The third-order valence-electron chi connectivity index (χ3n) is 5.82. The smallest absolute Gasteiger partial charge is 0.287 e. The van der Waals surface area contributed by atoms with Gasteiger partial charge in [-0.15, -0.1) is 0 Å². The van der Waals surface area contributed by atoms with Crippen LogP contribution >= 0.6 is 23.8 Å². The maximum atomic E-state index is 13.2. The van der Waals surface area contributed by atoms with Crippen molar-refractivity contribution in [2.75, 3.05) is 13.7 Å². The molecule has 0 aliphatic carbocycles. The van der Waals surface area contributed by atoms with Crippen LogP contribution in [0.4, 0.5) is 0 Å². The number of fused-ring (bicyclic) bond motifs is 3. The zero-order valence-corrected chi connectivity index (χ0v) is 19.8. The molecule has 5 heterocycles. The highest BCUT2D eigenvalue weighted by molar-refractivity contribution is 9.10. The summed E-state index contributed by atoms with van der Waals surface area (Å²) >= 11 is 3.29. The summed E-state index contributed by atoms with van der Waals surface area (Å²) < 4.78 is 35.4. The van der Waals surface area contributed by atoms with Crippen LogP contribution in [0.3, 0.4) is 0 Å². The minimum Gasteiger partial charge on any atom is -0.756 e. The van der Waals surface area contributed by atoms with Gasteiger partial charge in [0.2, 0.25) is 5.78 Å². The molecule has 4 aromatic rings. The van der Waals surface area contributed by atoms with Gasteiger partial charge in [0.05, 0.1) is 19.4 Å². The largest absolute Gasteiger partial charge is 0.756 e. The zero-order chi connectivity index (χ0) is 23.8. The van der Waals surface area contributed by atoms with Gasteiger partial charge in [-0.2, -0.15) is 4.98 Å². The second-order valence-electron chi connectivity index (χ2n) is 7.77. The van der Waals surface area contributed by atoms with E-state index in [-0.39, 0.29) is 28.3 Å². The Morgan fingerprint density at radius 2 is 2.15 bits per heavy atom. The van der Waals surface area contributed by atoms with Crippen molar-refractivity contribution in [3.05, 3.63) is 45.5 Å². The molecule has 2 N–H and O–H groups in total. The Hall–Kier alpha value is -2.58. The second-order valence-corrected chi connectivity index (χ2v) is 9.84. The van der Waals surface area contributed by atoms with Crippen molar-refractivity contribution in [2.45, 2.75) is 24.5 Å². The molecular formula is C19H16BrN5O8P-. The van der Waals surface area contributed by atoms with Crippen LogP contribution in [0.2, 0.25) is 0 Å². The number of nitrogens with zero attached hydrogens (tertiary/aromatic N) is 4. The van der Waals surface area contributed by atoms with Crippen LogP contribution in [0.25, 0.3) is 28.2 Å². The number of benzene rings is 1. The van der Waals surface area contributed by atoms with E-state index in [1.807, 2.05) is 18.2 Å². The van der Waals surface area contributed by atoms with Crippen molar-refractivity contribution in [1.82, 2.24) is 23.9 Å². The SMILES string of the molecule is COc1ccccc1-c1cn2c(=O)c3nc(Br)n([C@@H]4OC5COP(=O)([O-])O[C@H]5C4O)c3nc2[nH]1. The number of aromatic amines is 1. The molecule has 178 valence electrons. The molecule has 1 aromatic carbocycles. The van der Waals surface area contributed by atoms with Crippen molar-refractivity contribution in [3.8, 4) is 17.0 Å². The van der Waals surface area contributed by atoms with Gasteiger partial charge in [-0.1, -0.05) is 12.1 Å². The van der Waals surface area contributed by atoms with Gasteiger partial charge in [-0.3, -0.25) is 13.9 Å². The van der Waals surface area contributed by atoms with E-state index >= 15 is 0 Å². The number of phosphoric acid groups is 1. The van der Waals surface area contributed by atoms with Gasteiger partial charge in [-0.25, -0.2) is 9.38 Å². The Labute approximate surface area is 198 Å². The maximum absolute atomic E-state index is 13.2. The number of methoxy groups -OCH3 is 1. The first kappa shape index (κ1) is 21.9. The molecule has 0 spiro atoms. The lowest BCUT2D eigenvalue weighted by molar-refractivity contribution is -0.245. The summed E-state index contributed by atoms with van der Waals surface area (Å²) in [5.41, 5.74) is 1.02. The lowest BCUT2D eigenvalue weighted by atomic mass is 10.1. The number of aliphatic hydroxyl groups excluding tert-OH is 1. The van der Waals surface area contributed by atoms with E-state index in [0.717, 1.165) is 5.56 Å². The fourth-order valence-electron chi connectivity index (χ4n) is 4.27. The number of hydrogen-bond acceptors (Lipinski definition) is 10. The molecule has 3 aromatic heterocycles. The minimum atomic E-state index is -4.54. The Morgan fingerprint density at radius 1 is 1.35 bits per heavy atom. The summed E-state index contributed by atoms with van der Waals surface area (Å²) in [6.07, 6.45) is -2.93. The van der Waals surface area contributed by atoms with Crippen molar-refractivity contribution < 1.29 is 33.1 Å². The Morgan fingerprint density at radius 3 is 2.94 bits per heavy atom.